The molecule has 5 heterocycles. The number of fused-ring (bicyclic) bond motifs is 2. The highest BCUT2D eigenvalue weighted by Gasteiger charge is 2.56. The fraction of sp³-hybridized carbons (Fsp3) is 0.500. The maximum atomic E-state index is 16.0. The van der Waals surface area contributed by atoms with Crippen LogP contribution in [0.1, 0.15) is 69.3 Å². The van der Waals surface area contributed by atoms with Gasteiger partial charge in [-0.25, -0.2) is 33.0 Å². The summed E-state index contributed by atoms with van der Waals surface area (Å²) in [6, 6.07) is 6.97. The molecule has 0 aliphatic carbocycles. The van der Waals surface area contributed by atoms with E-state index in [9.17, 15) is 55.7 Å². The van der Waals surface area contributed by atoms with Crippen LogP contribution in [-0.4, -0.2) is 154 Å². The topological polar surface area (TPSA) is 216 Å². The van der Waals surface area contributed by atoms with E-state index in [2.05, 4.69) is 47.2 Å². The van der Waals surface area contributed by atoms with E-state index in [0.29, 0.717) is 53.7 Å². The average Bonchev–Trinajstić information content (AvgIpc) is 3.97. The minimum atomic E-state index is -5.12. The second kappa shape index (κ2) is 24.3. The van der Waals surface area contributed by atoms with Gasteiger partial charge in [0.25, 0.3) is 5.91 Å². The van der Waals surface area contributed by atoms with Gasteiger partial charge >= 0.3 is 24.9 Å². The number of rotatable bonds is 20. The van der Waals surface area contributed by atoms with Crippen LogP contribution in [0.2, 0.25) is 0 Å². The van der Waals surface area contributed by atoms with Crippen molar-refractivity contribution in [3.8, 4) is 23.0 Å². The zero-order valence-electron chi connectivity index (χ0n) is 43.1. The number of carbonyl (C=O) groups is 4. The summed E-state index contributed by atoms with van der Waals surface area (Å²) < 4.78 is 127. The molecule has 78 heavy (non-hydrogen) atoms. The largest absolute Gasteiger partial charge is 0.465 e. The molecule has 0 saturated carbocycles. The van der Waals surface area contributed by atoms with Crippen molar-refractivity contribution in [3.63, 3.8) is 0 Å². The van der Waals surface area contributed by atoms with Crippen molar-refractivity contribution in [1.82, 2.24) is 46.0 Å². The Bertz CT molecular complexity index is 2800. The first-order valence-electron chi connectivity index (χ1n) is 24.8. The molecule has 0 radical (unpaired) electrons. The third-order valence-electron chi connectivity index (χ3n) is 14.3. The molecule has 3 aliphatic rings. The number of ether oxygens (including phenoxy) is 2. The molecule has 3 aliphatic heterocycles. The standard InChI is InChI=1S/C52H60F8N10O8/c1-50(2,28-53)43(64-48(74)75)46(73)66-68(24-37-38(54)17-32(18-39(37)55)33-20-62-69(21-33)47(56)57)25-41(71)40(63-45(72)44(65-49(76)77-5)51(3,4)52(58,59)60)16-30-9-6-29(7-10-30)8-11-31-12-15-42(61-19-31)67-22-34-13-14-35(23-67)70(34)36-26-78-27-36/h6-7,9-10,12,15,17-21,34-36,40-41,43-44,47,64,71H,13-14,16,22-28H2,1-5H3,(H,63,72)(H,65,76)(H,66,73)(H,74,75)/t34?,35?,40-,41-,43+,44+/m0/s1. The lowest BCUT2D eigenvalue weighted by Gasteiger charge is -2.47. The molecule has 0 spiro atoms. The van der Waals surface area contributed by atoms with Crippen molar-refractivity contribution >= 4 is 29.8 Å². The summed E-state index contributed by atoms with van der Waals surface area (Å²) in [6.45, 7) is 0.613. The maximum Gasteiger partial charge on any atom is 0.407 e. The number of aliphatic hydroxyl groups is 1. The van der Waals surface area contributed by atoms with Gasteiger partial charge in [-0.05, 0) is 80.6 Å². The number of aromatic nitrogens is 3. The van der Waals surface area contributed by atoms with Crippen molar-refractivity contribution in [2.45, 2.75) is 109 Å². The number of nitrogens with one attached hydrogen (secondary N) is 4. The molecule has 2 bridgehead atoms. The van der Waals surface area contributed by atoms with Gasteiger partial charge in [-0.1, -0.05) is 37.8 Å². The van der Waals surface area contributed by atoms with Crippen LogP contribution in [0, 0.1) is 34.3 Å². The van der Waals surface area contributed by atoms with Gasteiger partial charge in [-0.15, -0.1) is 0 Å². The van der Waals surface area contributed by atoms with E-state index >= 15 is 8.78 Å². The van der Waals surface area contributed by atoms with Gasteiger partial charge in [0, 0.05) is 78.3 Å². The van der Waals surface area contributed by atoms with Crippen LogP contribution >= 0.6 is 0 Å². The lowest BCUT2D eigenvalue weighted by Crippen LogP contribution is -2.63. The van der Waals surface area contributed by atoms with Crippen molar-refractivity contribution in [1.29, 1.82) is 0 Å². The van der Waals surface area contributed by atoms with Gasteiger partial charge < -0.3 is 40.5 Å². The fourth-order valence-electron chi connectivity index (χ4n) is 9.59. The lowest BCUT2D eigenvalue weighted by molar-refractivity contribution is -0.220. The predicted molar refractivity (Wildman–Crippen MR) is 265 cm³/mol. The molecule has 422 valence electrons. The van der Waals surface area contributed by atoms with Crippen LogP contribution < -0.4 is 26.3 Å². The Labute approximate surface area is 443 Å². The van der Waals surface area contributed by atoms with E-state index in [1.807, 2.05) is 22.8 Å². The minimum absolute atomic E-state index is 0.113. The lowest BCUT2D eigenvalue weighted by atomic mass is 9.82. The van der Waals surface area contributed by atoms with Crippen molar-refractivity contribution in [2.75, 3.05) is 51.5 Å². The highest BCUT2D eigenvalue weighted by molar-refractivity contribution is 5.87. The molecule has 7 rings (SSSR count). The molecule has 6 N–H and O–H groups in total. The summed E-state index contributed by atoms with van der Waals surface area (Å²) >= 11 is 0. The number of piperazine rings is 1. The molecule has 4 aromatic rings. The van der Waals surface area contributed by atoms with E-state index < -0.39 is 115 Å². The Balaban J connectivity index is 1.16. The number of alkyl halides is 6. The summed E-state index contributed by atoms with van der Waals surface area (Å²) in [6.07, 6.45) is -5.04. The molecule has 6 atom stereocenters. The zero-order valence-corrected chi connectivity index (χ0v) is 43.1. The minimum Gasteiger partial charge on any atom is -0.465 e. The number of hydrazine groups is 1. The number of pyridine rings is 1. The Kier molecular flexibility index (Phi) is 18.3. The van der Waals surface area contributed by atoms with E-state index in [1.54, 1.807) is 30.5 Å². The number of benzene rings is 2. The second-order valence-corrected chi connectivity index (χ2v) is 20.7. The first kappa shape index (κ1) is 58.6. The monoisotopic (exact) mass is 1100 g/mol. The molecule has 2 unspecified atom stereocenters. The van der Waals surface area contributed by atoms with E-state index in [4.69, 9.17) is 4.74 Å². The van der Waals surface area contributed by atoms with Gasteiger partial charge in [-0.3, -0.25) is 24.3 Å². The summed E-state index contributed by atoms with van der Waals surface area (Å²) in [5, 5.41) is 31.9. The number of methoxy groups -OCH3 is 1. The smallest absolute Gasteiger partial charge is 0.407 e. The van der Waals surface area contributed by atoms with Crippen LogP contribution in [0.25, 0.3) is 11.1 Å². The number of hydrogen-bond donors (Lipinski definition) is 6. The summed E-state index contributed by atoms with van der Waals surface area (Å²) in [5.74, 6) is 1.57. The number of carboxylic acid groups (broad SMARTS) is 1. The third kappa shape index (κ3) is 13.8. The maximum absolute atomic E-state index is 16.0. The quantitative estimate of drug-likeness (QED) is 0.0344. The summed E-state index contributed by atoms with van der Waals surface area (Å²) in [7, 11) is 0.852. The zero-order chi connectivity index (χ0) is 56.9. The molecule has 3 saturated heterocycles. The van der Waals surface area contributed by atoms with E-state index in [0.717, 1.165) is 76.6 Å². The molecular formula is C52H60F8N10O8. The van der Waals surface area contributed by atoms with E-state index in [1.165, 1.54) is 13.8 Å². The fourth-order valence-corrected chi connectivity index (χ4v) is 9.59. The normalized spacial score (nSPS) is 18.5. The van der Waals surface area contributed by atoms with Crippen LogP contribution in [0.4, 0.5) is 50.5 Å². The van der Waals surface area contributed by atoms with Crippen LogP contribution in [-0.2, 0) is 32.0 Å². The predicted octanol–water partition coefficient (Wildman–Crippen LogP) is 5.94. The Morgan fingerprint density at radius 2 is 1.49 bits per heavy atom. The third-order valence-corrected chi connectivity index (χ3v) is 14.3. The number of aliphatic hydroxyl groups excluding tert-OH is 1. The first-order chi connectivity index (χ1) is 36.8. The number of halogens is 8. The second-order valence-electron chi connectivity index (χ2n) is 20.7. The van der Waals surface area contributed by atoms with Gasteiger partial charge in [0.15, 0.2) is 0 Å². The number of amides is 4. The molecule has 18 nitrogen and oxygen atoms in total. The van der Waals surface area contributed by atoms with Gasteiger partial charge in [-0.2, -0.15) is 27.1 Å². The Morgan fingerprint density at radius 3 is 2.01 bits per heavy atom. The van der Waals surface area contributed by atoms with Crippen LogP contribution in [0.15, 0.2) is 67.1 Å². The first-order valence-corrected chi connectivity index (χ1v) is 24.8. The number of carbonyl (C=O) groups excluding carboxylic acids is 3. The Morgan fingerprint density at radius 1 is 0.859 bits per heavy atom. The molecule has 4 amide bonds. The van der Waals surface area contributed by atoms with Crippen LogP contribution in [0.5, 0.6) is 0 Å². The summed E-state index contributed by atoms with van der Waals surface area (Å²) in [5.41, 5.74) is -2.18. The highest BCUT2D eigenvalue weighted by atomic mass is 19.4. The Hall–Kier alpha value is -7.08. The van der Waals surface area contributed by atoms with Crippen molar-refractivity contribution < 1.29 is 74.0 Å². The highest BCUT2D eigenvalue weighted by Crippen LogP contribution is 2.41. The number of hydrogen-bond acceptors (Lipinski definition) is 12. The molecule has 26 heteroatoms. The van der Waals surface area contributed by atoms with Crippen molar-refractivity contribution in [2.24, 2.45) is 10.8 Å². The van der Waals surface area contributed by atoms with Gasteiger partial charge in [0.1, 0.15) is 29.5 Å². The van der Waals surface area contributed by atoms with Gasteiger partial charge in [0.2, 0.25) is 5.91 Å². The molecule has 3 fully saturated rings. The van der Waals surface area contributed by atoms with Gasteiger partial charge in [0.05, 0.1) is 56.8 Å². The van der Waals surface area contributed by atoms with Crippen molar-refractivity contribution in [3.05, 3.63) is 101 Å². The SMILES string of the molecule is COC(=O)N[C@H](C(=O)N[C@@H](Cc1ccc(C#Cc2ccc(N3CC4CCC(C3)N4C3COC3)nc2)cc1)[C@@H](O)CN(Cc1c(F)cc(-c2cnn(C(F)F)c2)cc1F)NC(=O)[C@@H](NC(=O)O)C(C)(C)CF)C(C)(C)C(F)(F)F. The summed E-state index contributed by atoms with van der Waals surface area (Å²) in [4.78, 5) is 61.7. The average molecular weight is 1110 g/mol. The molecule has 2 aromatic heterocycles. The van der Waals surface area contributed by atoms with Crippen LogP contribution in [0.3, 0.4) is 0 Å². The number of alkyl carbamates (subject to hydrolysis) is 1. The number of nitrogens with zero attached hydrogens (tertiary/aromatic N) is 6. The number of anilines is 1. The molecular weight excluding hydrogens is 1040 g/mol. The van der Waals surface area contributed by atoms with E-state index in [-0.39, 0.29) is 15.8 Å². The molecule has 2 aromatic carbocycles.